The molecule has 2 fully saturated rings. The standard InChI is InChI=1S/C40H47BrFN9O9S/c41-26-23-45-40(49-36(26)47-28-11-8-10-27(42)34(28)35(43)54)46-24-16-19-50(20-17-24)61(58,59)22-18-44-31(52)13-5-3-1-2-4-6-21-60-30-12-7-9-25-33(30)39(57)51(38(25)56)29-14-15-32(53)48-37(29)55/h7-12,23-24,29H,1-6,13-22H2,(H2,43,54)(H,44,52)(H,48,53,55)(H2,45,46,47,49). The molecule has 3 aromatic rings. The van der Waals surface area contributed by atoms with E-state index in [1.165, 1.54) is 28.7 Å². The summed E-state index contributed by atoms with van der Waals surface area (Å²) in [4.78, 5) is 84.0. The number of halogens is 2. The summed E-state index contributed by atoms with van der Waals surface area (Å²) >= 11 is 3.35. The van der Waals surface area contributed by atoms with E-state index in [-0.39, 0.29) is 96.5 Å². The molecule has 2 saturated heterocycles. The van der Waals surface area contributed by atoms with Crippen molar-refractivity contribution >= 4 is 78.8 Å². The number of unbranched alkanes of at least 4 members (excludes halogenated alkanes) is 5. The van der Waals surface area contributed by atoms with Gasteiger partial charge in [-0.2, -0.15) is 4.98 Å². The summed E-state index contributed by atoms with van der Waals surface area (Å²) in [6, 6.07) is 7.64. The van der Waals surface area contributed by atoms with Crippen LogP contribution in [0.5, 0.6) is 5.75 Å². The molecule has 0 radical (unpaired) electrons. The van der Waals surface area contributed by atoms with Crippen LogP contribution in [0.1, 0.15) is 102 Å². The topological polar surface area (TPSA) is 252 Å². The molecule has 3 aliphatic heterocycles. The highest BCUT2D eigenvalue weighted by molar-refractivity contribution is 9.10. The largest absolute Gasteiger partial charge is 0.493 e. The van der Waals surface area contributed by atoms with Gasteiger partial charge in [0.1, 0.15) is 23.4 Å². The number of ether oxygens (including phenoxy) is 1. The lowest BCUT2D eigenvalue weighted by Gasteiger charge is -2.31. The maximum Gasteiger partial charge on any atom is 0.266 e. The lowest BCUT2D eigenvalue weighted by atomic mass is 10.0. The second-order valence-corrected chi connectivity index (χ2v) is 17.8. The van der Waals surface area contributed by atoms with Crippen LogP contribution in [-0.2, 0) is 24.4 Å². The number of hydrogen-bond acceptors (Lipinski definition) is 13. The lowest BCUT2D eigenvalue weighted by molar-refractivity contribution is -0.136. The van der Waals surface area contributed by atoms with Crippen molar-refractivity contribution < 1.29 is 46.3 Å². The van der Waals surface area contributed by atoms with Gasteiger partial charge in [0, 0.05) is 44.7 Å². The SMILES string of the molecule is NC(=O)c1c(F)cccc1Nc1nc(NC2CCN(S(=O)(=O)CCNC(=O)CCCCCCCCOc3cccc4c3C(=O)N(C3CCC(=O)NC3=O)C4=O)CC2)ncc1Br. The maximum absolute atomic E-state index is 14.2. The van der Waals surface area contributed by atoms with Gasteiger partial charge in [-0.05, 0) is 72.3 Å². The van der Waals surface area contributed by atoms with Crippen LogP contribution < -0.4 is 31.7 Å². The Hall–Kier alpha value is -5.54. The Morgan fingerprint density at radius 1 is 0.967 bits per heavy atom. The zero-order chi connectivity index (χ0) is 43.7. The summed E-state index contributed by atoms with van der Waals surface area (Å²) in [6.07, 6.45) is 7.67. The minimum absolute atomic E-state index is 0.00394. The average Bonchev–Trinajstić information content (AvgIpc) is 3.47. The molecule has 18 nitrogen and oxygen atoms in total. The van der Waals surface area contributed by atoms with Gasteiger partial charge in [0.05, 0.1) is 39.2 Å². The monoisotopic (exact) mass is 927 g/mol. The van der Waals surface area contributed by atoms with Gasteiger partial charge in [-0.1, -0.05) is 37.8 Å². The van der Waals surface area contributed by atoms with E-state index in [9.17, 15) is 41.6 Å². The Morgan fingerprint density at radius 3 is 2.43 bits per heavy atom. The summed E-state index contributed by atoms with van der Waals surface area (Å²) in [5, 5.41) is 11.0. The van der Waals surface area contributed by atoms with E-state index in [0.29, 0.717) is 36.8 Å². The Bertz CT molecular complexity index is 2290. The maximum atomic E-state index is 14.2. The number of imide groups is 2. The van der Waals surface area contributed by atoms with E-state index in [4.69, 9.17) is 10.5 Å². The molecule has 2 aromatic carbocycles. The van der Waals surface area contributed by atoms with Gasteiger partial charge in [-0.25, -0.2) is 22.1 Å². The first kappa shape index (κ1) is 45.0. The molecular weight excluding hydrogens is 881 g/mol. The van der Waals surface area contributed by atoms with Crippen molar-refractivity contribution in [2.45, 2.75) is 82.7 Å². The third kappa shape index (κ3) is 11.2. The number of sulfonamides is 1. The van der Waals surface area contributed by atoms with Crippen molar-refractivity contribution in [3.05, 3.63) is 69.6 Å². The van der Waals surface area contributed by atoms with Crippen LogP contribution in [0.4, 0.5) is 21.8 Å². The summed E-state index contributed by atoms with van der Waals surface area (Å²) in [7, 11) is -3.61. The molecule has 1 aromatic heterocycles. The fourth-order valence-corrected chi connectivity index (χ4v) is 9.09. The highest BCUT2D eigenvalue weighted by Gasteiger charge is 2.46. The molecule has 21 heteroatoms. The van der Waals surface area contributed by atoms with E-state index < -0.39 is 51.4 Å². The van der Waals surface area contributed by atoms with Gasteiger partial charge in [0.15, 0.2) is 0 Å². The number of fused-ring (bicyclic) bond motifs is 1. The van der Waals surface area contributed by atoms with Crippen molar-refractivity contribution in [1.29, 1.82) is 0 Å². The van der Waals surface area contributed by atoms with Crippen LogP contribution in [0.3, 0.4) is 0 Å². The first-order valence-corrected chi connectivity index (χ1v) is 22.5. The van der Waals surface area contributed by atoms with Crippen molar-refractivity contribution in [2.24, 2.45) is 5.73 Å². The zero-order valence-corrected chi connectivity index (χ0v) is 35.6. The highest BCUT2D eigenvalue weighted by atomic mass is 79.9. The molecule has 6 rings (SSSR count). The van der Waals surface area contributed by atoms with Crippen molar-refractivity contribution in [3.8, 4) is 5.75 Å². The number of aromatic nitrogens is 2. The molecule has 61 heavy (non-hydrogen) atoms. The van der Waals surface area contributed by atoms with E-state index in [1.807, 2.05) is 0 Å². The number of piperidine rings is 2. The smallest absolute Gasteiger partial charge is 0.266 e. The molecule has 0 spiro atoms. The molecule has 326 valence electrons. The number of primary amides is 1. The van der Waals surface area contributed by atoms with Crippen molar-refractivity contribution in [2.75, 3.05) is 42.6 Å². The third-order valence-corrected chi connectivity index (χ3v) is 13.1. The van der Waals surface area contributed by atoms with Gasteiger partial charge in [0.25, 0.3) is 17.7 Å². The first-order chi connectivity index (χ1) is 29.2. The molecule has 0 aliphatic carbocycles. The summed E-state index contributed by atoms with van der Waals surface area (Å²) < 4.78 is 48.1. The predicted octanol–water partition coefficient (Wildman–Crippen LogP) is 3.75. The van der Waals surface area contributed by atoms with Crippen LogP contribution in [0.25, 0.3) is 0 Å². The zero-order valence-electron chi connectivity index (χ0n) is 33.2. The second-order valence-electron chi connectivity index (χ2n) is 14.9. The van der Waals surface area contributed by atoms with Crippen LogP contribution >= 0.6 is 15.9 Å². The van der Waals surface area contributed by atoms with Gasteiger partial charge in [-0.3, -0.25) is 39.0 Å². The molecule has 3 aliphatic rings. The van der Waals surface area contributed by atoms with Gasteiger partial charge < -0.3 is 26.4 Å². The number of nitrogens with zero attached hydrogens (tertiary/aromatic N) is 4. The molecule has 0 bridgehead atoms. The molecule has 1 unspecified atom stereocenters. The van der Waals surface area contributed by atoms with Crippen molar-refractivity contribution in [1.82, 2.24) is 29.8 Å². The molecule has 4 heterocycles. The van der Waals surface area contributed by atoms with Crippen LogP contribution in [-0.4, -0.2) is 107 Å². The Labute approximate surface area is 360 Å². The fraction of sp³-hybridized carbons (Fsp3) is 0.450. The average molecular weight is 929 g/mol. The lowest BCUT2D eigenvalue weighted by Crippen LogP contribution is -2.54. The highest BCUT2D eigenvalue weighted by Crippen LogP contribution is 2.34. The number of nitrogens with one attached hydrogen (secondary N) is 4. The number of carbonyl (C=O) groups is 6. The van der Waals surface area contributed by atoms with Crippen LogP contribution in [0.15, 0.2) is 47.1 Å². The van der Waals surface area contributed by atoms with Crippen LogP contribution in [0, 0.1) is 5.82 Å². The normalized spacial score (nSPS) is 17.2. The van der Waals surface area contributed by atoms with E-state index in [2.05, 4.69) is 47.2 Å². The number of amides is 6. The number of nitrogens with two attached hydrogens (primary N) is 1. The van der Waals surface area contributed by atoms with Gasteiger partial charge >= 0.3 is 0 Å². The number of carbonyl (C=O) groups excluding carboxylic acids is 6. The quantitative estimate of drug-likeness (QED) is 0.0801. The Morgan fingerprint density at radius 2 is 1.69 bits per heavy atom. The molecule has 0 saturated carbocycles. The molecule has 6 N–H and O–H groups in total. The minimum atomic E-state index is -3.61. The molecule has 1 atom stereocenters. The molecule has 6 amide bonds. The summed E-state index contributed by atoms with van der Waals surface area (Å²) in [6.45, 7) is 0.864. The summed E-state index contributed by atoms with van der Waals surface area (Å²) in [5.74, 6) is -3.65. The first-order valence-electron chi connectivity index (χ1n) is 20.1. The second kappa shape index (κ2) is 20.3. The van der Waals surface area contributed by atoms with Crippen molar-refractivity contribution in [3.63, 3.8) is 0 Å². The third-order valence-electron chi connectivity index (χ3n) is 10.6. The van der Waals surface area contributed by atoms with E-state index in [0.717, 1.165) is 36.6 Å². The van der Waals surface area contributed by atoms with Gasteiger partial charge in [-0.15, -0.1) is 0 Å². The minimum Gasteiger partial charge on any atom is -0.493 e. The number of anilines is 3. The fourth-order valence-electron chi connectivity index (χ4n) is 7.41. The molecular formula is C40H47BrFN9O9S. The van der Waals surface area contributed by atoms with E-state index in [1.54, 1.807) is 12.1 Å². The predicted molar refractivity (Wildman–Crippen MR) is 224 cm³/mol. The number of benzene rings is 2. The summed E-state index contributed by atoms with van der Waals surface area (Å²) in [5.41, 5.74) is 5.48. The number of rotatable bonds is 20. The van der Waals surface area contributed by atoms with E-state index >= 15 is 0 Å². The Balaban J connectivity index is 0.825. The van der Waals surface area contributed by atoms with Gasteiger partial charge in [0.2, 0.25) is 33.7 Å². The Kier molecular flexibility index (Phi) is 15.0. The number of hydrogen-bond donors (Lipinski definition) is 5. The van der Waals surface area contributed by atoms with Crippen LogP contribution in [0.2, 0.25) is 0 Å².